The standard InChI is InChI=1S/C15H26N2O4/c1-15(2,3)17-12(18)8-9-16-13(19)10-6-4-5-7-11(10)14(20)21/h10-11H,4-9H2,1-3H3,(H,16,19)(H,17,18)(H,20,21)/t10-,11+/m1/s1. The molecule has 1 aliphatic carbocycles. The van der Waals surface area contributed by atoms with Crippen molar-refractivity contribution in [2.75, 3.05) is 6.54 Å². The summed E-state index contributed by atoms with van der Waals surface area (Å²) < 4.78 is 0. The largest absolute Gasteiger partial charge is 0.481 e. The molecule has 21 heavy (non-hydrogen) atoms. The topological polar surface area (TPSA) is 95.5 Å². The number of carbonyl (C=O) groups is 3. The van der Waals surface area contributed by atoms with Crippen LogP contribution in [0, 0.1) is 11.8 Å². The van der Waals surface area contributed by atoms with Crippen molar-refractivity contribution in [3.8, 4) is 0 Å². The molecule has 1 rings (SSSR count). The molecule has 0 radical (unpaired) electrons. The van der Waals surface area contributed by atoms with Gasteiger partial charge in [-0.1, -0.05) is 12.8 Å². The van der Waals surface area contributed by atoms with E-state index in [1.54, 1.807) is 0 Å². The molecule has 0 aliphatic heterocycles. The number of carboxylic acids is 1. The van der Waals surface area contributed by atoms with Crippen molar-refractivity contribution in [1.29, 1.82) is 0 Å². The fourth-order valence-corrected chi connectivity index (χ4v) is 2.65. The minimum Gasteiger partial charge on any atom is -0.481 e. The number of rotatable bonds is 5. The van der Waals surface area contributed by atoms with Gasteiger partial charge in [0.15, 0.2) is 0 Å². The maximum absolute atomic E-state index is 12.1. The Hall–Kier alpha value is -1.59. The Bertz CT molecular complexity index is 401. The van der Waals surface area contributed by atoms with Gasteiger partial charge in [-0.05, 0) is 33.6 Å². The van der Waals surface area contributed by atoms with E-state index in [1.807, 2.05) is 20.8 Å². The van der Waals surface area contributed by atoms with Gasteiger partial charge in [-0.3, -0.25) is 14.4 Å². The molecule has 1 saturated carbocycles. The molecule has 0 aromatic rings. The Balaban J connectivity index is 2.39. The van der Waals surface area contributed by atoms with Crippen LogP contribution in [0.1, 0.15) is 52.9 Å². The van der Waals surface area contributed by atoms with Gasteiger partial charge < -0.3 is 15.7 Å². The minimum atomic E-state index is -0.902. The lowest BCUT2D eigenvalue weighted by Crippen LogP contribution is -2.43. The van der Waals surface area contributed by atoms with Crippen LogP contribution >= 0.6 is 0 Å². The van der Waals surface area contributed by atoms with Gasteiger partial charge in [-0.25, -0.2) is 0 Å². The predicted molar refractivity (Wildman–Crippen MR) is 78.6 cm³/mol. The molecule has 1 fully saturated rings. The maximum atomic E-state index is 12.1. The van der Waals surface area contributed by atoms with Gasteiger partial charge in [0.05, 0.1) is 11.8 Å². The van der Waals surface area contributed by atoms with E-state index in [0.29, 0.717) is 12.8 Å². The van der Waals surface area contributed by atoms with Gasteiger partial charge in [-0.2, -0.15) is 0 Å². The molecule has 6 heteroatoms. The van der Waals surface area contributed by atoms with Crippen LogP contribution in [0.25, 0.3) is 0 Å². The van der Waals surface area contributed by atoms with Gasteiger partial charge in [-0.15, -0.1) is 0 Å². The van der Waals surface area contributed by atoms with Crippen molar-refractivity contribution in [1.82, 2.24) is 10.6 Å². The SMILES string of the molecule is CC(C)(C)NC(=O)CCNC(=O)[C@@H]1CCCC[C@@H]1C(=O)O. The van der Waals surface area contributed by atoms with Gasteiger partial charge in [0.1, 0.15) is 0 Å². The molecule has 0 heterocycles. The molecule has 1 aliphatic rings. The predicted octanol–water partition coefficient (Wildman–Crippen LogP) is 1.30. The van der Waals surface area contributed by atoms with Gasteiger partial charge in [0.2, 0.25) is 11.8 Å². The van der Waals surface area contributed by atoms with Crippen molar-refractivity contribution in [3.05, 3.63) is 0 Å². The molecule has 0 unspecified atom stereocenters. The Morgan fingerprint density at radius 3 is 2.19 bits per heavy atom. The Morgan fingerprint density at radius 2 is 1.67 bits per heavy atom. The van der Waals surface area contributed by atoms with E-state index < -0.39 is 17.8 Å². The number of hydrogen-bond donors (Lipinski definition) is 3. The highest BCUT2D eigenvalue weighted by atomic mass is 16.4. The molecule has 0 bridgehead atoms. The number of carbonyl (C=O) groups excluding carboxylic acids is 2. The normalized spacial score (nSPS) is 22.4. The molecule has 2 atom stereocenters. The van der Waals surface area contributed by atoms with E-state index in [2.05, 4.69) is 10.6 Å². The number of carboxylic acid groups (broad SMARTS) is 1. The molecule has 0 saturated heterocycles. The highest BCUT2D eigenvalue weighted by molar-refractivity contribution is 5.85. The Kier molecular flexibility index (Phi) is 6.18. The van der Waals surface area contributed by atoms with Crippen LogP contribution in [0.5, 0.6) is 0 Å². The summed E-state index contributed by atoms with van der Waals surface area (Å²) in [5.41, 5.74) is -0.293. The van der Waals surface area contributed by atoms with E-state index in [0.717, 1.165) is 12.8 Å². The first-order valence-electron chi connectivity index (χ1n) is 7.52. The lowest BCUT2D eigenvalue weighted by Gasteiger charge is -2.27. The fraction of sp³-hybridized carbons (Fsp3) is 0.800. The van der Waals surface area contributed by atoms with Gasteiger partial charge in [0.25, 0.3) is 0 Å². The van der Waals surface area contributed by atoms with Crippen LogP contribution in [-0.2, 0) is 14.4 Å². The molecule has 2 amide bonds. The summed E-state index contributed by atoms with van der Waals surface area (Å²) >= 11 is 0. The first-order chi connectivity index (χ1) is 9.70. The van der Waals surface area contributed by atoms with Crippen LogP contribution in [0.2, 0.25) is 0 Å². The molecule has 0 aromatic heterocycles. The van der Waals surface area contributed by atoms with E-state index >= 15 is 0 Å². The molecule has 6 nitrogen and oxygen atoms in total. The second-order valence-electron chi connectivity index (χ2n) is 6.67. The molecular formula is C15H26N2O4. The van der Waals surface area contributed by atoms with Gasteiger partial charge >= 0.3 is 5.97 Å². The quantitative estimate of drug-likeness (QED) is 0.713. The van der Waals surface area contributed by atoms with E-state index in [4.69, 9.17) is 5.11 Å². The summed E-state index contributed by atoms with van der Waals surface area (Å²) in [5, 5.41) is 14.7. The average molecular weight is 298 g/mol. The molecule has 0 aromatic carbocycles. The third kappa shape index (κ3) is 6.14. The van der Waals surface area contributed by atoms with Crippen molar-refractivity contribution in [2.24, 2.45) is 11.8 Å². The first-order valence-corrected chi connectivity index (χ1v) is 7.52. The lowest BCUT2D eigenvalue weighted by atomic mass is 9.78. The summed E-state index contributed by atoms with van der Waals surface area (Å²) in [4.78, 5) is 34.9. The van der Waals surface area contributed by atoms with Crippen LogP contribution in [0.4, 0.5) is 0 Å². The highest BCUT2D eigenvalue weighted by Crippen LogP contribution is 2.30. The monoisotopic (exact) mass is 298 g/mol. The van der Waals surface area contributed by atoms with Crippen LogP contribution < -0.4 is 10.6 Å². The summed E-state index contributed by atoms with van der Waals surface area (Å²) in [5.74, 6) is -2.34. The average Bonchev–Trinajstić information content (AvgIpc) is 2.36. The Morgan fingerprint density at radius 1 is 1.10 bits per heavy atom. The third-order valence-corrected chi connectivity index (χ3v) is 3.59. The molecule has 0 spiro atoms. The van der Waals surface area contributed by atoms with Crippen LogP contribution in [-0.4, -0.2) is 35.0 Å². The Labute approximate surface area is 125 Å². The van der Waals surface area contributed by atoms with Crippen LogP contribution in [0.15, 0.2) is 0 Å². The first kappa shape index (κ1) is 17.5. The van der Waals surface area contributed by atoms with Crippen molar-refractivity contribution >= 4 is 17.8 Å². The smallest absolute Gasteiger partial charge is 0.307 e. The zero-order valence-electron chi connectivity index (χ0n) is 13.1. The molecule has 120 valence electrons. The molecule has 3 N–H and O–H groups in total. The second-order valence-corrected chi connectivity index (χ2v) is 6.67. The minimum absolute atomic E-state index is 0.124. The number of aliphatic carboxylic acids is 1. The maximum Gasteiger partial charge on any atom is 0.307 e. The second kappa shape index (κ2) is 7.43. The number of amides is 2. The van der Waals surface area contributed by atoms with Crippen LogP contribution in [0.3, 0.4) is 0 Å². The van der Waals surface area contributed by atoms with Gasteiger partial charge in [0, 0.05) is 18.5 Å². The third-order valence-electron chi connectivity index (χ3n) is 3.59. The highest BCUT2D eigenvalue weighted by Gasteiger charge is 2.35. The number of nitrogens with one attached hydrogen (secondary N) is 2. The number of hydrogen-bond acceptors (Lipinski definition) is 3. The van der Waals surface area contributed by atoms with E-state index in [9.17, 15) is 14.4 Å². The zero-order valence-corrected chi connectivity index (χ0v) is 13.1. The van der Waals surface area contributed by atoms with Crippen molar-refractivity contribution < 1.29 is 19.5 Å². The zero-order chi connectivity index (χ0) is 16.0. The summed E-state index contributed by atoms with van der Waals surface area (Å²) in [7, 11) is 0. The summed E-state index contributed by atoms with van der Waals surface area (Å²) in [6, 6.07) is 0. The summed E-state index contributed by atoms with van der Waals surface area (Å²) in [6.45, 7) is 5.92. The fourth-order valence-electron chi connectivity index (χ4n) is 2.65. The van der Waals surface area contributed by atoms with E-state index in [-0.39, 0.29) is 30.3 Å². The summed E-state index contributed by atoms with van der Waals surface area (Å²) in [6.07, 6.45) is 3.10. The lowest BCUT2D eigenvalue weighted by molar-refractivity contribution is -0.149. The van der Waals surface area contributed by atoms with Crippen molar-refractivity contribution in [3.63, 3.8) is 0 Å². The van der Waals surface area contributed by atoms with Crippen molar-refractivity contribution in [2.45, 2.75) is 58.4 Å². The van der Waals surface area contributed by atoms with E-state index in [1.165, 1.54) is 0 Å². The molecular weight excluding hydrogens is 272 g/mol.